The second-order valence-corrected chi connectivity index (χ2v) is 5.53. The van der Waals surface area contributed by atoms with Gasteiger partial charge in [-0.3, -0.25) is 0 Å². The predicted molar refractivity (Wildman–Crippen MR) is 91.2 cm³/mol. The zero-order valence-electron chi connectivity index (χ0n) is 13.3. The normalized spacial score (nSPS) is 11.0. The number of benzene rings is 2. The molecule has 114 valence electrons. The van der Waals surface area contributed by atoms with E-state index in [1.165, 1.54) is 42.0 Å². The van der Waals surface area contributed by atoms with Gasteiger partial charge in [-0.05, 0) is 55.8 Å². The third-order valence-corrected chi connectivity index (χ3v) is 3.92. The van der Waals surface area contributed by atoms with Gasteiger partial charge in [-0.15, -0.1) is 0 Å². The Hall–Kier alpha value is -1.54. The summed E-state index contributed by atoms with van der Waals surface area (Å²) in [7, 11) is 1.74. The summed E-state index contributed by atoms with van der Waals surface area (Å²) >= 11 is 0. The minimum absolute atomic E-state index is 0.970. The summed E-state index contributed by atoms with van der Waals surface area (Å²) in [4.78, 5) is 0. The van der Waals surface area contributed by atoms with Crippen LogP contribution in [0.4, 0.5) is 0 Å². The lowest BCUT2D eigenvalue weighted by molar-refractivity contribution is 0.419. The lowest BCUT2D eigenvalue weighted by Gasteiger charge is -2.10. The maximum Gasteiger partial charge on any atom is 0.126 e. The summed E-state index contributed by atoms with van der Waals surface area (Å²) in [6.07, 6.45) is 6.19. The minimum atomic E-state index is 0.970. The Labute approximate surface area is 128 Å². The van der Waals surface area contributed by atoms with Crippen LogP contribution in [0.25, 0.3) is 10.8 Å². The molecule has 0 bridgehead atoms. The van der Waals surface area contributed by atoms with Crippen molar-refractivity contribution >= 4 is 10.8 Å². The number of aryl methyl sites for hydroxylation is 1. The number of rotatable bonds is 9. The van der Waals surface area contributed by atoms with Gasteiger partial charge in [0.2, 0.25) is 0 Å². The highest BCUT2D eigenvalue weighted by atomic mass is 16.5. The molecule has 2 nitrogen and oxygen atoms in total. The molecule has 0 aliphatic rings. The van der Waals surface area contributed by atoms with Crippen molar-refractivity contribution in [2.75, 3.05) is 20.2 Å². The topological polar surface area (TPSA) is 21.3 Å². The molecule has 0 spiro atoms. The van der Waals surface area contributed by atoms with Crippen LogP contribution in [0.15, 0.2) is 36.4 Å². The van der Waals surface area contributed by atoms with Crippen molar-refractivity contribution < 1.29 is 4.74 Å². The summed E-state index contributed by atoms with van der Waals surface area (Å²) in [5, 5.41) is 6.02. The van der Waals surface area contributed by atoms with Crippen LogP contribution in [-0.4, -0.2) is 20.2 Å². The first-order valence-corrected chi connectivity index (χ1v) is 8.12. The molecule has 2 aromatic rings. The van der Waals surface area contributed by atoms with E-state index in [4.69, 9.17) is 4.74 Å². The third kappa shape index (κ3) is 4.47. The largest absolute Gasteiger partial charge is 0.496 e. The van der Waals surface area contributed by atoms with Crippen molar-refractivity contribution in [2.24, 2.45) is 0 Å². The Morgan fingerprint density at radius 3 is 2.48 bits per heavy atom. The number of hydrogen-bond acceptors (Lipinski definition) is 2. The lowest BCUT2D eigenvalue weighted by Crippen LogP contribution is -2.15. The van der Waals surface area contributed by atoms with E-state index in [1.807, 2.05) is 0 Å². The minimum Gasteiger partial charge on any atom is -0.496 e. The first-order chi connectivity index (χ1) is 10.4. The number of hydrogen-bond donors (Lipinski definition) is 1. The average Bonchev–Trinajstić information content (AvgIpc) is 2.54. The summed E-state index contributed by atoms with van der Waals surface area (Å²) in [5.41, 5.74) is 1.44. The molecule has 2 aromatic carbocycles. The highest BCUT2D eigenvalue weighted by molar-refractivity contribution is 5.91. The van der Waals surface area contributed by atoms with Gasteiger partial charge in [-0.1, -0.05) is 43.7 Å². The fraction of sp³-hybridized carbons (Fsp3) is 0.474. The molecule has 0 aromatic heterocycles. The van der Waals surface area contributed by atoms with Crippen LogP contribution >= 0.6 is 0 Å². The Balaban J connectivity index is 1.90. The molecule has 0 radical (unpaired) electrons. The van der Waals surface area contributed by atoms with Gasteiger partial charge in [0.1, 0.15) is 5.75 Å². The van der Waals surface area contributed by atoms with Crippen molar-refractivity contribution in [3.8, 4) is 5.75 Å². The van der Waals surface area contributed by atoms with Crippen LogP contribution in [-0.2, 0) is 6.42 Å². The third-order valence-electron chi connectivity index (χ3n) is 3.92. The van der Waals surface area contributed by atoms with Crippen LogP contribution in [0.5, 0.6) is 5.75 Å². The van der Waals surface area contributed by atoms with E-state index in [1.54, 1.807) is 7.11 Å². The van der Waals surface area contributed by atoms with Gasteiger partial charge in [-0.25, -0.2) is 0 Å². The van der Waals surface area contributed by atoms with Gasteiger partial charge in [0.25, 0.3) is 0 Å². The molecule has 2 heteroatoms. The van der Waals surface area contributed by atoms with Crippen molar-refractivity contribution in [3.05, 3.63) is 42.0 Å². The van der Waals surface area contributed by atoms with E-state index < -0.39 is 0 Å². The Morgan fingerprint density at radius 1 is 0.905 bits per heavy atom. The van der Waals surface area contributed by atoms with Gasteiger partial charge in [-0.2, -0.15) is 0 Å². The van der Waals surface area contributed by atoms with E-state index in [2.05, 4.69) is 48.6 Å². The molecule has 0 saturated carbocycles. The SMILES string of the molecule is CCCNCCCCCc1ccc(OC)c2ccccc12. The van der Waals surface area contributed by atoms with Gasteiger partial charge in [0.05, 0.1) is 7.11 Å². The van der Waals surface area contributed by atoms with E-state index in [-0.39, 0.29) is 0 Å². The summed E-state index contributed by atoms with van der Waals surface area (Å²) < 4.78 is 5.45. The fourth-order valence-corrected chi connectivity index (χ4v) is 2.77. The molecular weight excluding hydrogens is 258 g/mol. The second kappa shape index (κ2) is 8.68. The maximum atomic E-state index is 5.45. The molecule has 0 unspecified atom stereocenters. The smallest absolute Gasteiger partial charge is 0.126 e. The Morgan fingerprint density at radius 2 is 1.71 bits per heavy atom. The Kier molecular flexibility index (Phi) is 6.55. The highest BCUT2D eigenvalue weighted by Gasteiger charge is 2.05. The standard InChI is InChI=1S/C19H27NO/c1-3-14-20-15-8-4-5-9-16-12-13-19(21-2)18-11-7-6-10-17(16)18/h6-7,10-13,20H,3-5,8-9,14-15H2,1-2H3. The molecule has 1 N–H and O–H groups in total. The first-order valence-electron chi connectivity index (χ1n) is 8.12. The summed E-state index contributed by atoms with van der Waals surface area (Å²) in [5.74, 6) is 0.970. The first kappa shape index (κ1) is 15.8. The molecule has 21 heavy (non-hydrogen) atoms. The molecule has 2 rings (SSSR count). The molecule has 0 saturated heterocycles. The molecule has 0 heterocycles. The van der Waals surface area contributed by atoms with Crippen LogP contribution < -0.4 is 10.1 Å². The van der Waals surface area contributed by atoms with Gasteiger partial charge in [0, 0.05) is 5.39 Å². The Bertz CT molecular complexity index is 550. The zero-order chi connectivity index (χ0) is 14.9. The van der Waals surface area contributed by atoms with Gasteiger partial charge in [0.15, 0.2) is 0 Å². The van der Waals surface area contributed by atoms with Gasteiger partial charge >= 0.3 is 0 Å². The van der Waals surface area contributed by atoms with E-state index >= 15 is 0 Å². The molecule has 0 amide bonds. The van der Waals surface area contributed by atoms with Crippen LogP contribution in [0, 0.1) is 0 Å². The zero-order valence-corrected chi connectivity index (χ0v) is 13.3. The monoisotopic (exact) mass is 285 g/mol. The quantitative estimate of drug-likeness (QED) is 0.682. The van der Waals surface area contributed by atoms with Crippen molar-refractivity contribution in [1.82, 2.24) is 5.32 Å². The highest BCUT2D eigenvalue weighted by Crippen LogP contribution is 2.29. The lowest BCUT2D eigenvalue weighted by atomic mass is 9.99. The molecular formula is C19H27NO. The van der Waals surface area contributed by atoms with Crippen molar-refractivity contribution in [1.29, 1.82) is 0 Å². The van der Waals surface area contributed by atoms with Crippen LogP contribution in [0.1, 0.15) is 38.2 Å². The summed E-state index contributed by atoms with van der Waals surface area (Å²) in [6.45, 7) is 4.50. The van der Waals surface area contributed by atoms with Gasteiger partial charge < -0.3 is 10.1 Å². The summed E-state index contributed by atoms with van der Waals surface area (Å²) in [6, 6.07) is 12.9. The van der Waals surface area contributed by atoms with E-state index in [0.29, 0.717) is 0 Å². The number of ether oxygens (including phenoxy) is 1. The number of unbranched alkanes of at least 4 members (excludes halogenated alkanes) is 2. The van der Waals surface area contributed by atoms with E-state index in [0.717, 1.165) is 25.3 Å². The predicted octanol–water partition coefficient (Wildman–Crippen LogP) is 4.56. The van der Waals surface area contributed by atoms with Crippen molar-refractivity contribution in [2.45, 2.75) is 39.0 Å². The van der Waals surface area contributed by atoms with Crippen molar-refractivity contribution in [3.63, 3.8) is 0 Å². The number of methoxy groups -OCH3 is 1. The molecule has 0 atom stereocenters. The average molecular weight is 285 g/mol. The number of fused-ring (bicyclic) bond motifs is 1. The fourth-order valence-electron chi connectivity index (χ4n) is 2.77. The maximum absolute atomic E-state index is 5.45. The molecule has 0 aliphatic carbocycles. The molecule has 0 aliphatic heterocycles. The van der Waals surface area contributed by atoms with E-state index in [9.17, 15) is 0 Å². The van der Waals surface area contributed by atoms with Crippen LogP contribution in [0.3, 0.4) is 0 Å². The van der Waals surface area contributed by atoms with Crippen LogP contribution in [0.2, 0.25) is 0 Å². The second-order valence-electron chi connectivity index (χ2n) is 5.53. The number of nitrogens with one attached hydrogen (secondary N) is 1. The molecule has 0 fully saturated rings.